The average molecular weight is 182 g/mol. The van der Waals surface area contributed by atoms with Crippen molar-refractivity contribution < 1.29 is 4.57 Å². The van der Waals surface area contributed by atoms with Gasteiger partial charge >= 0.3 is 0 Å². The minimum absolute atomic E-state index is 0.682. The molecule has 4 rings (SSSR count). The second-order valence-corrected chi connectivity index (χ2v) is 4.42. The molecule has 2 atom stereocenters. The van der Waals surface area contributed by atoms with Crippen molar-refractivity contribution in [2.45, 2.75) is 18.9 Å². The Hall–Kier alpha value is -1.37. The van der Waals surface area contributed by atoms with Gasteiger partial charge in [0.15, 0.2) is 12.2 Å². The van der Waals surface area contributed by atoms with Gasteiger partial charge in [-0.15, -0.1) is 0 Å². The lowest BCUT2D eigenvalue weighted by molar-refractivity contribution is -0.710. The summed E-state index contributed by atoms with van der Waals surface area (Å²) in [6.07, 6.45) is 9.62. The van der Waals surface area contributed by atoms with Crippen molar-refractivity contribution in [1.82, 2.24) is 0 Å². The van der Waals surface area contributed by atoms with Gasteiger partial charge < -0.3 is 0 Å². The predicted molar refractivity (Wildman–Crippen MR) is 54.5 cm³/mol. The number of allylic oxidation sites excluding steroid dienone is 4. The van der Waals surface area contributed by atoms with Crippen LogP contribution in [0.3, 0.4) is 0 Å². The molecule has 0 radical (unpaired) electrons. The average Bonchev–Trinajstić information content (AvgIpc) is 2.86. The molecular formula is C13H12N+. The first-order valence-electron chi connectivity index (χ1n) is 5.38. The fourth-order valence-electron chi connectivity index (χ4n) is 3.26. The zero-order valence-corrected chi connectivity index (χ0v) is 7.98. The first-order chi connectivity index (χ1) is 6.95. The van der Waals surface area contributed by atoms with Crippen LogP contribution in [0, 0.1) is 5.92 Å². The van der Waals surface area contributed by atoms with Crippen LogP contribution < -0.4 is 4.57 Å². The fourth-order valence-corrected chi connectivity index (χ4v) is 3.26. The number of nitrogens with zero attached hydrogens (tertiary/aromatic N) is 1. The smallest absolute Gasteiger partial charge is 0.192 e. The zero-order valence-electron chi connectivity index (χ0n) is 7.98. The van der Waals surface area contributed by atoms with E-state index < -0.39 is 0 Å². The molecule has 0 aromatic carbocycles. The van der Waals surface area contributed by atoms with Crippen LogP contribution in [-0.4, -0.2) is 0 Å². The third-order valence-corrected chi connectivity index (χ3v) is 3.82. The van der Waals surface area contributed by atoms with Crippen LogP contribution in [0.25, 0.3) is 5.57 Å². The molecule has 0 amide bonds. The highest BCUT2D eigenvalue weighted by molar-refractivity contribution is 5.79. The van der Waals surface area contributed by atoms with E-state index in [0.29, 0.717) is 6.04 Å². The Morgan fingerprint density at radius 1 is 1.21 bits per heavy atom. The van der Waals surface area contributed by atoms with Gasteiger partial charge in [0, 0.05) is 30.0 Å². The largest absolute Gasteiger partial charge is 0.213 e. The zero-order chi connectivity index (χ0) is 9.12. The molecule has 2 unspecified atom stereocenters. The first kappa shape index (κ1) is 6.99. The van der Waals surface area contributed by atoms with E-state index in [0.717, 1.165) is 5.92 Å². The Morgan fingerprint density at radius 3 is 3.21 bits per heavy atom. The molecule has 1 fully saturated rings. The predicted octanol–water partition coefficient (Wildman–Crippen LogP) is 2.26. The molecule has 0 spiro atoms. The standard InChI is InChI=1S/C13H12N/c1-2-8-14-11(3-1)10-6-4-9-5-7-12(14)13(9)10/h1-4,6,8-9,12H,5,7H2/q+1. The van der Waals surface area contributed by atoms with Crippen LogP contribution in [-0.2, 0) is 0 Å². The number of hydrogen-bond donors (Lipinski definition) is 0. The highest BCUT2D eigenvalue weighted by Gasteiger charge is 2.46. The Balaban J connectivity index is 2.06. The highest BCUT2D eigenvalue weighted by atomic mass is 15.0. The van der Waals surface area contributed by atoms with E-state index in [1.165, 1.54) is 24.1 Å². The van der Waals surface area contributed by atoms with Gasteiger partial charge in [0.25, 0.3) is 0 Å². The van der Waals surface area contributed by atoms with Crippen molar-refractivity contribution >= 4 is 5.57 Å². The van der Waals surface area contributed by atoms with Crippen molar-refractivity contribution in [1.29, 1.82) is 0 Å². The maximum atomic E-state index is 2.45. The third-order valence-electron chi connectivity index (χ3n) is 3.82. The lowest BCUT2D eigenvalue weighted by Gasteiger charge is -2.02. The van der Waals surface area contributed by atoms with Gasteiger partial charge in [-0.1, -0.05) is 12.2 Å². The van der Waals surface area contributed by atoms with Crippen molar-refractivity contribution in [3.05, 3.63) is 47.8 Å². The van der Waals surface area contributed by atoms with E-state index >= 15 is 0 Å². The second kappa shape index (κ2) is 2.17. The quantitative estimate of drug-likeness (QED) is 0.542. The summed E-state index contributed by atoms with van der Waals surface area (Å²) in [5.41, 5.74) is 4.63. The molecule has 1 aromatic rings. The highest BCUT2D eigenvalue weighted by Crippen LogP contribution is 2.49. The Labute approximate surface area is 83.4 Å². The molecule has 1 saturated carbocycles. The maximum absolute atomic E-state index is 2.45. The minimum atomic E-state index is 0.682. The van der Waals surface area contributed by atoms with Gasteiger partial charge in [0.2, 0.25) is 5.69 Å². The van der Waals surface area contributed by atoms with Crippen molar-refractivity contribution in [3.8, 4) is 0 Å². The molecule has 14 heavy (non-hydrogen) atoms. The molecule has 0 bridgehead atoms. The number of pyridine rings is 1. The van der Waals surface area contributed by atoms with Gasteiger partial charge in [-0.2, -0.15) is 4.57 Å². The summed E-state index contributed by atoms with van der Waals surface area (Å²) in [6.45, 7) is 0. The van der Waals surface area contributed by atoms with E-state index in [9.17, 15) is 0 Å². The van der Waals surface area contributed by atoms with E-state index in [1.54, 1.807) is 5.57 Å². The van der Waals surface area contributed by atoms with Crippen LogP contribution in [0.2, 0.25) is 0 Å². The summed E-state index contributed by atoms with van der Waals surface area (Å²) in [5.74, 6) is 0.759. The summed E-state index contributed by atoms with van der Waals surface area (Å²) in [4.78, 5) is 0. The second-order valence-electron chi connectivity index (χ2n) is 4.42. The van der Waals surface area contributed by atoms with Crippen LogP contribution in [0.1, 0.15) is 24.6 Å². The molecule has 1 heteroatoms. The van der Waals surface area contributed by atoms with Gasteiger partial charge in [-0.25, -0.2) is 0 Å². The molecule has 1 aliphatic heterocycles. The fraction of sp³-hybridized carbons (Fsp3) is 0.308. The molecular weight excluding hydrogens is 170 g/mol. The van der Waals surface area contributed by atoms with Crippen molar-refractivity contribution in [3.63, 3.8) is 0 Å². The lowest BCUT2D eigenvalue weighted by Crippen LogP contribution is -2.38. The van der Waals surface area contributed by atoms with Crippen molar-refractivity contribution in [2.24, 2.45) is 5.92 Å². The van der Waals surface area contributed by atoms with Gasteiger partial charge in [-0.05, 0) is 12.5 Å². The SMILES string of the molecule is C1=CC2CCC3C2=C1c1cccc[n+]13. The molecule has 0 saturated heterocycles. The van der Waals surface area contributed by atoms with E-state index in [2.05, 4.69) is 41.1 Å². The number of rotatable bonds is 0. The van der Waals surface area contributed by atoms with Gasteiger partial charge in [0.05, 0.1) is 5.57 Å². The van der Waals surface area contributed by atoms with E-state index in [-0.39, 0.29) is 0 Å². The van der Waals surface area contributed by atoms with Crippen LogP contribution in [0.5, 0.6) is 0 Å². The molecule has 68 valence electrons. The Morgan fingerprint density at radius 2 is 2.21 bits per heavy atom. The maximum Gasteiger partial charge on any atom is 0.213 e. The normalized spacial score (nSPS) is 31.1. The summed E-state index contributed by atoms with van der Waals surface area (Å²) in [7, 11) is 0. The molecule has 0 N–H and O–H groups in total. The number of aromatic nitrogens is 1. The van der Waals surface area contributed by atoms with Gasteiger partial charge in [0.1, 0.15) is 0 Å². The van der Waals surface area contributed by atoms with E-state index in [1.807, 2.05) is 0 Å². The topological polar surface area (TPSA) is 3.88 Å². The molecule has 2 heterocycles. The summed E-state index contributed by atoms with van der Waals surface area (Å²) >= 11 is 0. The molecule has 3 aliphatic rings. The lowest BCUT2D eigenvalue weighted by atomic mass is 10.0. The van der Waals surface area contributed by atoms with E-state index in [4.69, 9.17) is 0 Å². The minimum Gasteiger partial charge on any atom is -0.192 e. The summed E-state index contributed by atoms with van der Waals surface area (Å²) in [6, 6.07) is 7.21. The monoisotopic (exact) mass is 182 g/mol. The Bertz CT molecular complexity index is 482. The van der Waals surface area contributed by atoms with Gasteiger partial charge in [-0.3, -0.25) is 0 Å². The summed E-state index contributed by atoms with van der Waals surface area (Å²) in [5, 5.41) is 0. The van der Waals surface area contributed by atoms with Crippen LogP contribution in [0.4, 0.5) is 0 Å². The molecule has 2 aliphatic carbocycles. The van der Waals surface area contributed by atoms with Crippen molar-refractivity contribution in [2.75, 3.05) is 0 Å². The molecule has 1 aromatic heterocycles. The number of fused-ring (bicyclic) bond motifs is 3. The Kier molecular flexibility index (Phi) is 1.08. The molecule has 1 nitrogen and oxygen atoms in total. The summed E-state index contributed by atoms with van der Waals surface area (Å²) < 4.78 is 2.45. The van der Waals surface area contributed by atoms with Crippen LogP contribution >= 0.6 is 0 Å². The first-order valence-corrected chi connectivity index (χ1v) is 5.38. The number of hydrogen-bond acceptors (Lipinski definition) is 0. The van der Waals surface area contributed by atoms with Crippen LogP contribution in [0.15, 0.2) is 42.1 Å². The third kappa shape index (κ3) is 0.628.